The Morgan fingerprint density at radius 3 is 2.71 bits per heavy atom. The second-order valence-corrected chi connectivity index (χ2v) is 5.89. The lowest BCUT2D eigenvalue weighted by atomic mass is 10.3. The van der Waals surface area contributed by atoms with Gasteiger partial charge in [-0.3, -0.25) is 0 Å². The van der Waals surface area contributed by atoms with Crippen molar-refractivity contribution in [3.05, 3.63) is 39.7 Å². The first-order valence-corrected chi connectivity index (χ1v) is 7.34. The highest BCUT2D eigenvalue weighted by molar-refractivity contribution is 7.15. The molecule has 0 amide bonds. The van der Waals surface area contributed by atoms with Crippen molar-refractivity contribution >= 4 is 28.8 Å². The van der Waals surface area contributed by atoms with Gasteiger partial charge in [-0.15, -0.1) is 11.3 Å². The maximum atomic E-state index is 13.4. The molecule has 114 valence electrons. The maximum absolute atomic E-state index is 13.4. The summed E-state index contributed by atoms with van der Waals surface area (Å²) in [7, 11) is 3.10. The molecule has 0 fully saturated rings. The van der Waals surface area contributed by atoms with Crippen molar-refractivity contribution in [2.75, 3.05) is 25.7 Å². The number of rotatable bonds is 7. The molecule has 0 radical (unpaired) electrons. The average Bonchev–Trinajstić information content (AvgIpc) is 2.88. The number of halogens is 2. The van der Waals surface area contributed by atoms with Crippen molar-refractivity contribution in [3.8, 4) is 0 Å². The molecule has 0 aliphatic carbocycles. The summed E-state index contributed by atoms with van der Waals surface area (Å²) in [4.78, 5) is 11.0. The van der Waals surface area contributed by atoms with Crippen LogP contribution in [0.5, 0.6) is 0 Å². The third-order valence-electron chi connectivity index (χ3n) is 2.80. The molecule has 2 aromatic rings. The highest BCUT2D eigenvalue weighted by Crippen LogP contribution is 2.22. The minimum atomic E-state index is -0.446. The van der Waals surface area contributed by atoms with Crippen LogP contribution in [-0.2, 0) is 16.0 Å². The number of pyridine rings is 1. The van der Waals surface area contributed by atoms with Crippen LogP contribution in [-0.4, -0.2) is 37.0 Å². The minimum absolute atomic E-state index is 0.348. The molecule has 0 aromatic carbocycles. The van der Waals surface area contributed by atoms with E-state index in [1.807, 2.05) is 4.90 Å². The van der Waals surface area contributed by atoms with Crippen molar-refractivity contribution in [3.63, 3.8) is 0 Å². The van der Waals surface area contributed by atoms with E-state index < -0.39 is 6.29 Å². The van der Waals surface area contributed by atoms with E-state index in [0.717, 1.165) is 4.88 Å². The second-order valence-electron chi connectivity index (χ2n) is 4.19. The molecule has 0 saturated carbocycles. The van der Waals surface area contributed by atoms with Crippen molar-refractivity contribution in [2.45, 2.75) is 12.8 Å². The SMILES string of the molecule is COC(CN(Cc1cnc(Cl)s1)c1cc(F)ccn1)OC. The van der Waals surface area contributed by atoms with Crippen LogP contribution in [0.4, 0.5) is 10.2 Å². The van der Waals surface area contributed by atoms with Crippen molar-refractivity contribution in [1.82, 2.24) is 9.97 Å². The van der Waals surface area contributed by atoms with Gasteiger partial charge in [0.2, 0.25) is 0 Å². The summed E-state index contributed by atoms with van der Waals surface area (Å²) in [5.74, 6) is 0.150. The number of ether oxygens (including phenoxy) is 2. The highest BCUT2D eigenvalue weighted by atomic mass is 35.5. The fourth-order valence-corrected chi connectivity index (χ4v) is 2.77. The first-order valence-electron chi connectivity index (χ1n) is 6.14. The molecule has 2 rings (SSSR count). The molecule has 2 heterocycles. The third-order valence-corrected chi connectivity index (χ3v) is 3.90. The first-order chi connectivity index (χ1) is 10.1. The quantitative estimate of drug-likeness (QED) is 0.730. The zero-order valence-corrected chi connectivity index (χ0v) is 13.2. The fraction of sp³-hybridized carbons (Fsp3) is 0.385. The number of thiazole rings is 1. The first kappa shape index (κ1) is 16.1. The lowest BCUT2D eigenvalue weighted by molar-refractivity contribution is -0.0951. The fourth-order valence-electron chi connectivity index (χ4n) is 1.78. The Morgan fingerprint density at radius 2 is 2.14 bits per heavy atom. The lowest BCUT2D eigenvalue weighted by Gasteiger charge is -2.26. The van der Waals surface area contributed by atoms with E-state index in [0.29, 0.717) is 23.4 Å². The molecule has 5 nitrogen and oxygen atoms in total. The third kappa shape index (κ3) is 4.60. The number of hydrogen-bond acceptors (Lipinski definition) is 6. The molecular weight excluding hydrogens is 317 g/mol. The average molecular weight is 332 g/mol. The summed E-state index contributed by atoms with van der Waals surface area (Å²) in [5, 5.41) is 0. The molecule has 0 atom stereocenters. The molecular formula is C13H15ClFN3O2S. The Hall–Kier alpha value is -1.28. The van der Waals surface area contributed by atoms with Gasteiger partial charge in [-0.05, 0) is 6.07 Å². The molecule has 0 saturated heterocycles. The highest BCUT2D eigenvalue weighted by Gasteiger charge is 2.17. The Kier molecular flexibility index (Phi) is 5.86. The molecule has 0 bridgehead atoms. The molecule has 0 aliphatic rings. The molecule has 0 spiro atoms. The van der Waals surface area contributed by atoms with Gasteiger partial charge in [-0.2, -0.15) is 0 Å². The number of hydrogen-bond donors (Lipinski definition) is 0. The standard InChI is InChI=1S/C13H15ClFN3O2S/c1-19-12(20-2)8-18(7-10-6-17-13(14)21-10)11-5-9(15)3-4-16-11/h3-6,12H,7-8H2,1-2H3. The van der Waals surface area contributed by atoms with Gasteiger partial charge in [0, 0.05) is 37.6 Å². The van der Waals surface area contributed by atoms with Crippen LogP contribution in [0, 0.1) is 5.82 Å². The van der Waals surface area contributed by atoms with Crippen molar-refractivity contribution < 1.29 is 13.9 Å². The normalized spacial score (nSPS) is 11.1. The molecule has 0 unspecified atom stereocenters. The predicted octanol–water partition coefficient (Wildman–Crippen LogP) is 2.96. The second kappa shape index (κ2) is 7.65. The van der Waals surface area contributed by atoms with Crippen LogP contribution in [0.1, 0.15) is 4.88 Å². The van der Waals surface area contributed by atoms with Crippen molar-refractivity contribution in [1.29, 1.82) is 0 Å². The molecule has 0 N–H and O–H groups in total. The minimum Gasteiger partial charge on any atom is -0.354 e. The number of methoxy groups -OCH3 is 2. The number of anilines is 1. The maximum Gasteiger partial charge on any atom is 0.183 e. The van der Waals surface area contributed by atoms with Gasteiger partial charge in [0.25, 0.3) is 0 Å². The molecule has 21 heavy (non-hydrogen) atoms. The van der Waals surface area contributed by atoms with Gasteiger partial charge >= 0.3 is 0 Å². The van der Waals surface area contributed by atoms with Crippen LogP contribution in [0.2, 0.25) is 4.47 Å². The zero-order chi connectivity index (χ0) is 15.2. The zero-order valence-electron chi connectivity index (χ0n) is 11.6. The van der Waals surface area contributed by atoms with E-state index in [1.165, 1.54) is 29.7 Å². The van der Waals surface area contributed by atoms with Crippen LogP contribution < -0.4 is 4.90 Å². The number of aromatic nitrogens is 2. The summed E-state index contributed by atoms with van der Waals surface area (Å²) >= 11 is 7.21. The Bertz CT molecular complexity index is 580. The summed E-state index contributed by atoms with van der Waals surface area (Å²) in [6, 6.07) is 2.67. The molecule has 2 aromatic heterocycles. The Balaban J connectivity index is 2.20. The summed E-state index contributed by atoms with van der Waals surface area (Å²) in [6.45, 7) is 0.892. The largest absolute Gasteiger partial charge is 0.354 e. The van der Waals surface area contributed by atoms with Gasteiger partial charge in [0.05, 0.1) is 13.1 Å². The molecule has 8 heteroatoms. The lowest BCUT2D eigenvalue weighted by Crippen LogP contribution is -2.34. The van der Waals surface area contributed by atoms with Crippen molar-refractivity contribution in [2.24, 2.45) is 0 Å². The monoisotopic (exact) mass is 331 g/mol. The predicted molar refractivity (Wildman–Crippen MR) is 80.2 cm³/mol. The van der Waals surface area contributed by atoms with Crippen LogP contribution in [0.25, 0.3) is 0 Å². The molecule has 0 aliphatic heterocycles. The number of nitrogens with zero attached hydrogens (tertiary/aromatic N) is 3. The van der Waals surface area contributed by atoms with Gasteiger partial charge in [0.15, 0.2) is 10.8 Å². The van der Waals surface area contributed by atoms with Gasteiger partial charge in [-0.25, -0.2) is 14.4 Å². The van der Waals surface area contributed by atoms with Crippen LogP contribution in [0.3, 0.4) is 0 Å². The Labute approximate surface area is 131 Å². The van der Waals surface area contributed by atoms with E-state index >= 15 is 0 Å². The van der Waals surface area contributed by atoms with E-state index in [-0.39, 0.29) is 5.82 Å². The van der Waals surface area contributed by atoms with E-state index in [2.05, 4.69) is 9.97 Å². The summed E-state index contributed by atoms with van der Waals surface area (Å²) < 4.78 is 24.3. The summed E-state index contributed by atoms with van der Waals surface area (Å²) in [5.41, 5.74) is 0. The van der Waals surface area contributed by atoms with E-state index in [9.17, 15) is 4.39 Å². The van der Waals surface area contributed by atoms with E-state index in [4.69, 9.17) is 21.1 Å². The van der Waals surface area contributed by atoms with Crippen LogP contribution >= 0.6 is 22.9 Å². The van der Waals surface area contributed by atoms with E-state index in [1.54, 1.807) is 20.4 Å². The smallest absolute Gasteiger partial charge is 0.183 e. The topological polar surface area (TPSA) is 47.5 Å². The Morgan fingerprint density at radius 1 is 1.38 bits per heavy atom. The summed E-state index contributed by atoms with van der Waals surface area (Å²) in [6.07, 6.45) is 2.67. The van der Waals surface area contributed by atoms with Gasteiger partial charge in [-0.1, -0.05) is 11.6 Å². The van der Waals surface area contributed by atoms with Crippen LogP contribution in [0.15, 0.2) is 24.5 Å². The van der Waals surface area contributed by atoms with Gasteiger partial charge in [0.1, 0.15) is 11.6 Å². The van der Waals surface area contributed by atoms with Gasteiger partial charge < -0.3 is 14.4 Å².